The van der Waals surface area contributed by atoms with Crippen LogP contribution in [0, 0.1) is 11.3 Å². The monoisotopic (exact) mass is 348 g/mol. The molecule has 0 amide bonds. The lowest BCUT2D eigenvalue weighted by atomic mass is 10.0. The standard InChI is InChI=1S/C19H20N6O/c1-24-10-8-21-17(24)13-25-9-3-2-7-16(25)19-22-18(23-26-19)15-6-4-5-14(11-15)12-20/h4-6,8,10-11,16H,2-3,7,9,13H2,1H3/t16-/m0/s1. The molecule has 3 aromatic rings. The quantitative estimate of drug-likeness (QED) is 0.720. The molecule has 26 heavy (non-hydrogen) atoms. The summed E-state index contributed by atoms with van der Waals surface area (Å²) < 4.78 is 7.64. The molecule has 0 N–H and O–H groups in total. The number of rotatable bonds is 4. The Balaban J connectivity index is 1.58. The summed E-state index contributed by atoms with van der Waals surface area (Å²) in [6, 6.07) is 9.50. The van der Waals surface area contributed by atoms with Crippen LogP contribution in [0.25, 0.3) is 11.4 Å². The predicted molar refractivity (Wildman–Crippen MR) is 94.7 cm³/mol. The third-order valence-corrected chi connectivity index (χ3v) is 4.86. The molecule has 4 rings (SSSR count). The molecule has 0 spiro atoms. The SMILES string of the molecule is Cn1ccnc1CN1CCCC[C@H]1c1nc(-c2cccc(C#N)c2)no1. The lowest BCUT2D eigenvalue weighted by Crippen LogP contribution is -2.34. The van der Waals surface area contributed by atoms with Crippen molar-refractivity contribution in [1.82, 2.24) is 24.6 Å². The van der Waals surface area contributed by atoms with Crippen molar-refractivity contribution < 1.29 is 4.52 Å². The van der Waals surface area contributed by atoms with E-state index in [1.165, 1.54) is 0 Å². The Kier molecular flexibility index (Phi) is 4.50. The van der Waals surface area contributed by atoms with Crippen molar-refractivity contribution in [2.45, 2.75) is 31.8 Å². The van der Waals surface area contributed by atoms with Gasteiger partial charge in [0.25, 0.3) is 0 Å². The van der Waals surface area contributed by atoms with Gasteiger partial charge in [0.15, 0.2) is 0 Å². The van der Waals surface area contributed by atoms with Crippen LogP contribution in [0.5, 0.6) is 0 Å². The van der Waals surface area contributed by atoms with Crippen LogP contribution in [0.3, 0.4) is 0 Å². The molecule has 132 valence electrons. The van der Waals surface area contributed by atoms with E-state index in [2.05, 4.69) is 26.1 Å². The van der Waals surface area contributed by atoms with Gasteiger partial charge in [0.2, 0.25) is 11.7 Å². The molecule has 7 heteroatoms. The van der Waals surface area contributed by atoms with Crippen LogP contribution in [0.4, 0.5) is 0 Å². The average molecular weight is 348 g/mol. The molecule has 0 aliphatic carbocycles. The van der Waals surface area contributed by atoms with Crippen molar-refractivity contribution in [1.29, 1.82) is 5.26 Å². The van der Waals surface area contributed by atoms with Crippen molar-refractivity contribution in [3.63, 3.8) is 0 Å². The fourth-order valence-electron chi connectivity index (χ4n) is 3.41. The molecule has 3 heterocycles. The first kappa shape index (κ1) is 16.5. The fraction of sp³-hybridized carbons (Fsp3) is 0.368. The van der Waals surface area contributed by atoms with Crippen molar-refractivity contribution in [3.05, 3.63) is 53.9 Å². The molecule has 1 fully saturated rings. The van der Waals surface area contributed by atoms with Gasteiger partial charge in [-0.1, -0.05) is 23.7 Å². The highest BCUT2D eigenvalue weighted by Gasteiger charge is 2.29. The molecule has 1 atom stereocenters. The summed E-state index contributed by atoms with van der Waals surface area (Å²) in [7, 11) is 2.01. The molecule has 2 aromatic heterocycles. The number of likely N-dealkylation sites (tertiary alicyclic amines) is 1. The van der Waals surface area contributed by atoms with Crippen LogP contribution in [-0.4, -0.2) is 31.1 Å². The van der Waals surface area contributed by atoms with E-state index in [-0.39, 0.29) is 6.04 Å². The van der Waals surface area contributed by atoms with Gasteiger partial charge in [-0.15, -0.1) is 0 Å². The van der Waals surface area contributed by atoms with Crippen molar-refractivity contribution in [3.8, 4) is 17.5 Å². The van der Waals surface area contributed by atoms with E-state index in [0.717, 1.165) is 43.7 Å². The second kappa shape index (κ2) is 7.10. The maximum atomic E-state index is 9.07. The molecular weight excluding hydrogens is 328 g/mol. The summed E-state index contributed by atoms with van der Waals surface area (Å²) in [5, 5.41) is 13.2. The minimum absolute atomic E-state index is 0.0980. The van der Waals surface area contributed by atoms with Crippen LogP contribution in [-0.2, 0) is 13.6 Å². The van der Waals surface area contributed by atoms with Crippen molar-refractivity contribution in [2.75, 3.05) is 6.54 Å². The van der Waals surface area contributed by atoms with Gasteiger partial charge in [-0.3, -0.25) is 4.90 Å². The first-order valence-electron chi connectivity index (χ1n) is 8.79. The Morgan fingerprint density at radius 3 is 3.08 bits per heavy atom. The molecule has 0 bridgehead atoms. The van der Waals surface area contributed by atoms with Crippen LogP contribution in [0.15, 0.2) is 41.2 Å². The number of hydrogen-bond donors (Lipinski definition) is 0. The van der Waals surface area contributed by atoms with Gasteiger partial charge in [-0.25, -0.2) is 4.98 Å². The van der Waals surface area contributed by atoms with Crippen LogP contribution in [0.2, 0.25) is 0 Å². The molecule has 7 nitrogen and oxygen atoms in total. The molecule has 1 aliphatic heterocycles. The maximum Gasteiger partial charge on any atom is 0.244 e. The molecule has 0 unspecified atom stereocenters. The van der Waals surface area contributed by atoms with Gasteiger partial charge in [0.1, 0.15) is 5.82 Å². The van der Waals surface area contributed by atoms with E-state index in [0.29, 0.717) is 17.3 Å². The Morgan fingerprint density at radius 2 is 2.27 bits per heavy atom. The number of piperidine rings is 1. The van der Waals surface area contributed by atoms with E-state index in [1.54, 1.807) is 12.1 Å². The number of aryl methyl sites for hydroxylation is 1. The largest absolute Gasteiger partial charge is 0.337 e. The third kappa shape index (κ3) is 3.24. The number of nitrogens with zero attached hydrogens (tertiary/aromatic N) is 6. The Hall–Kier alpha value is -2.98. The Morgan fingerprint density at radius 1 is 1.35 bits per heavy atom. The fourth-order valence-corrected chi connectivity index (χ4v) is 3.41. The second-order valence-corrected chi connectivity index (χ2v) is 6.59. The molecule has 0 radical (unpaired) electrons. The molecule has 1 saturated heterocycles. The van der Waals surface area contributed by atoms with Gasteiger partial charge >= 0.3 is 0 Å². The molecule has 0 saturated carbocycles. The van der Waals surface area contributed by atoms with E-state index in [9.17, 15) is 0 Å². The van der Waals surface area contributed by atoms with Gasteiger partial charge < -0.3 is 9.09 Å². The number of nitriles is 1. The number of benzene rings is 1. The first-order valence-corrected chi connectivity index (χ1v) is 8.79. The highest BCUT2D eigenvalue weighted by Crippen LogP contribution is 2.32. The highest BCUT2D eigenvalue weighted by molar-refractivity contribution is 5.57. The van der Waals surface area contributed by atoms with Gasteiger partial charge in [0.05, 0.1) is 24.2 Å². The smallest absolute Gasteiger partial charge is 0.244 e. The first-order chi connectivity index (χ1) is 12.7. The second-order valence-electron chi connectivity index (χ2n) is 6.59. The summed E-state index contributed by atoms with van der Waals surface area (Å²) >= 11 is 0. The lowest BCUT2D eigenvalue weighted by Gasteiger charge is -2.32. The summed E-state index contributed by atoms with van der Waals surface area (Å²) in [4.78, 5) is 11.4. The number of hydrogen-bond acceptors (Lipinski definition) is 6. The van der Waals surface area contributed by atoms with Crippen LogP contribution >= 0.6 is 0 Å². The van der Waals surface area contributed by atoms with E-state index < -0.39 is 0 Å². The summed E-state index contributed by atoms with van der Waals surface area (Å²) in [6.07, 6.45) is 7.07. The van der Waals surface area contributed by atoms with Crippen molar-refractivity contribution >= 4 is 0 Å². The Bertz CT molecular complexity index is 937. The predicted octanol–water partition coefficient (Wildman–Crippen LogP) is 3.07. The molecule has 1 aromatic carbocycles. The topological polar surface area (TPSA) is 83.8 Å². The van der Waals surface area contributed by atoms with E-state index in [4.69, 9.17) is 9.78 Å². The zero-order chi connectivity index (χ0) is 17.9. The zero-order valence-electron chi connectivity index (χ0n) is 14.7. The minimum Gasteiger partial charge on any atom is -0.337 e. The van der Waals surface area contributed by atoms with Gasteiger partial charge in [-0.05, 0) is 31.5 Å². The Labute approximate surface area is 151 Å². The summed E-state index contributed by atoms with van der Waals surface area (Å²) in [5.41, 5.74) is 1.38. The highest BCUT2D eigenvalue weighted by atomic mass is 16.5. The normalized spacial score (nSPS) is 17.9. The number of imidazole rings is 1. The van der Waals surface area contributed by atoms with Gasteiger partial charge in [0, 0.05) is 25.0 Å². The van der Waals surface area contributed by atoms with E-state index >= 15 is 0 Å². The number of aromatic nitrogens is 4. The summed E-state index contributed by atoms with van der Waals surface area (Å²) in [5.74, 6) is 2.19. The maximum absolute atomic E-state index is 9.07. The minimum atomic E-state index is 0.0980. The average Bonchev–Trinajstić information content (AvgIpc) is 3.32. The third-order valence-electron chi connectivity index (χ3n) is 4.86. The van der Waals surface area contributed by atoms with Crippen molar-refractivity contribution in [2.24, 2.45) is 7.05 Å². The lowest BCUT2D eigenvalue weighted by molar-refractivity contribution is 0.107. The zero-order valence-corrected chi connectivity index (χ0v) is 14.7. The summed E-state index contributed by atoms with van der Waals surface area (Å²) in [6.45, 7) is 1.74. The molecular formula is C19H20N6O. The van der Waals surface area contributed by atoms with E-state index in [1.807, 2.05) is 36.1 Å². The van der Waals surface area contributed by atoms with Gasteiger partial charge in [-0.2, -0.15) is 10.2 Å². The molecule has 1 aliphatic rings. The van der Waals surface area contributed by atoms with Crippen LogP contribution < -0.4 is 0 Å². The van der Waals surface area contributed by atoms with Crippen LogP contribution in [0.1, 0.15) is 42.6 Å².